The molecule has 1 nitrogen and oxygen atoms in total. The molecule has 0 aromatic heterocycles. The molecule has 3 rings (SSSR count). The molecule has 1 saturated carbocycles. The standard InChI is InChI=1S/C25H31NS/c1-2-3-4-6-16-25(17-7-5-8-18-25)23-14-12-21(13-15-23)22-10-9-11-24(19-22)26-20-27/h9-15,19H,2-8,16-18H2,1H3. The van der Waals surface area contributed by atoms with Crippen LogP contribution in [0.1, 0.15) is 76.7 Å². The summed E-state index contributed by atoms with van der Waals surface area (Å²) in [6, 6.07) is 17.6. The van der Waals surface area contributed by atoms with Crippen LogP contribution in [-0.2, 0) is 5.41 Å². The maximum Gasteiger partial charge on any atom is 0.0745 e. The molecular formula is C25H31NS. The highest BCUT2D eigenvalue weighted by molar-refractivity contribution is 7.78. The van der Waals surface area contributed by atoms with Gasteiger partial charge in [-0.15, -0.1) is 0 Å². The van der Waals surface area contributed by atoms with Crippen molar-refractivity contribution in [2.24, 2.45) is 4.99 Å². The number of isothiocyanates is 1. The SMILES string of the molecule is CCCCCCC1(c2ccc(-c3cccc(N=C=S)c3)cc2)CCCCC1. The third-order valence-corrected chi connectivity index (χ3v) is 6.26. The second-order valence-corrected chi connectivity index (χ2v) is 8.16. The molecule has 0 bridgehead atoms. The van der Waals surface area contributed by atoms with E-state index in [0.29, 0.717) is 5.41 Å². The molecule has 2 heteroatoms. The summed E-state index contributed by atoms with van der Waals surface area (Å²) >= 11 is 4.73. The van der Waals surface area contributed by atoms with E-state index in [-0.39, 0.29) is 0 Å². The lowest BCUT2D eigenvalue weighted by molar-refractivity contribution is 0.265. The zero-order valence-electron chi connectivity index (χ0n) is 16.5. The average Bonchev–Trinajstić information content (AvgIpc) is 2.73. The van der Waals surface area contributed by atoms with E-state index in [9.17, 15) is 0 Å². The number of hydrogen-bond acceptors (Lipinski definition) is 2. The van der Waals surface area contributed by atoms with E-state index < -0.39 is 0 Å². The van der Waals surface area contributed by atoms with Crippen molar-refractivity contribution in [3.63, 3.8) is 0 Å². The predicted octanol–water partition coefficient (Wildman–Crippen LogP) is 8.26. The molecule has 0 unspecified atom stereocenters. The zero-order chi connectivity index (χ0) is 19.0. The molecule has 1 aliphatic rings. The molecule has 0 heterocycles. The number of benzene rings is 2. The van der Waals surface area contributed by atoms with Crippen molar-refractivity contribution in [3.05, 3.63) is 54.1 Å². The molecule has 0 amide bonds. The molecule has 2 aromatic rings. The smallest absolute Gasteiger partial charge is 0.0745 e. The van der Waals surface area contributed by atoms with Crippen LogP contribution in [0.25, 0.3) is 11.1 Å². The molecule has 2 aromatic carbocycles. The summed E-state index contributed by atoms with van der Waals surface area (Å²) in [5.41, 5.74) is 5.26. The van der Waals surface area contributed by atoms with Crippen LogP contribution in [0.3, 0.4) is 0 Å². The average molecular weight is 378 g/mol. The number of nitrogens with zero attached hydrogens (tertiary/aromatic N) is 1. The monoisotopic (exact) mass is 377 g/mol. The highest BCUT2D eigenvalue weighted by atomic mass is 32.1. The van der Waals surface area contributed by atoms with Gasteiger partial charge in [-0.25, -0.2) is 0 Å². The van der Waals surface area contributed by atoms with Gasteiger partial charge in [0.25, 0.3) is 0 Å². The normalized spacial score (nSPS) is 15.9. The number of aliphatic imine (C=N–C) groups is 1. The van der Waals surface area contributed by atoms with Crippen molar-refractivity contribution in [1.82, 2.24) is 0 Å². The number of hydrogen-bond donors (Lipinski definition) is 0. The molecule has 0 radical (unpaired) electrons. The van der Waals surface area contributed by atoms with Crippen molar-refractivity contribution in [3.8, 4) is 11.1 Å². The summed E-state index contributed by atoms with van der Waals surface area (Å²) in [5.74, 6) is 0. The van der Waals surface area contributed by atoms with Gasteiger partial charge in [0, 0.05) is 0 Å². The maximum absolute atomic E-state index is 4.73. The Kier molecular flexibility index (Phi) is 7.38. The summed E-state index contributed by atoms with van der Waals surface area (Å²) in [4.78, 5) is 4.11. The molecule has 1 aliphatic carbocycles. The first-order valence-electron chi connectivity index (χ1n) is 10.6. The third kappa shape index (κ3) is 5.15. The summed E-state index contributed by atoms with van der Waals surface area (Å²) in [6.07, 6.45) is 13.7. The highest BCUT2D eigenvalue weighted by Crippen LogP contribution is 2.44. The molecule has 0 aliphatic heterocycles. The van der Waals surface area contributed by atoms with Crippen LogP contribution in [0.4, 0.5) is 5.69 Å². The van der Waals surface area contributed by atoms with E-state index in [1.165, 1.54) is 75.3 Å². The highest BCUT2D eigenvalue weighted by Gasteiger charge is 2.33. The van der Waals surface area contributed by atoms with E-state index in [2.05, 4.69) is 53.5 Å². The Labute approximate surface area is 169 Å². The number of thiocarbonyl (C=S) groups is 1. The van der Waals surface area contributed by atoms with Gasteiger partial charge < -0.3 is 0 Å². The number of rotatable bonds is 8. The number of unbranched alkanes of at least 4 members (excludes halogenated alkanes) is 3. The van der Waals surface area contributed by atoms with Gasteiger partial charge in [0.05, 0.1) is 10.8 Å². The van der Waals surface area contributed by atoms with Gasteiger partial charge in [0.15, 0.2) is 0 Å². The van der Waals surface area contributed by atoms with Crippen LogP contribution in [0.2, 0.25) is 0 Å². The Morgan fingerprint density at radius 2 is 1.70 bits per heavy atom. The summed E-state index contributed by atoms with van der Waals surface area (Å²) < 4.78 is 0. The van der Waals surface area contributed by atoms with Gasteiger partial charge in [0.1, 0.15) is 0 Å². The van der Waals surface area contributed by atoms with E-state index in [1.807, 2.05) is 12.1 Å². The Balaban J connectivity index is 1.80. The van der Waals surface area contributed by atoms with Gasteiger partial charge in [-0.05, 0) is 65.7 Å². The summed E-state index contributed by atoms with van der Waals surface area (Å²) in [5, 5.41) is 2.46. The van der Waals surface area contributed by atoms with Crippen LogP contribution in [0, 0.1) is 0 Å². The Hall–Kier alpha value is -1.76. The van der Waals surface area contributed by atoms with Crippen LogP contribution in [-0.4, -0.2) is 5.16 Å². The molecular weight excluding hydrogens is 346 g/mol. The molecule has 1 fully saturated rings. The molecule has 27 heavy (non-hydrogen) atoms. The van der Waals surface area contributed by atoms with E-state index >= 15 is 0 Å². The van der Waals surface area contributed by atoms with Crippen LogP contribution >= 0.6 is 12.2 Å². The van der Waals surface area contributed by atoms with Crippen LogP contribution in [0.15, 0.2) is 53.5 Å². The van der Waals surface area contributed by atoms with E-state index in [4.69, 9.17) is 12.2 Å². The minimum Gasteiger partial charge on any atom is -0.195 e. The first-order chi connectivity index (χ1) is 13.3. The molecule has 0 spiro atoms. The Bertz CT molecular complexity index is 765. The largest absolute Gasteiger partial charge is 0.195 e. The second kappa shape index (κ2) is 9.97. The van der Waals surface area contributed by atoms with Gasteiger partial charge in [-0.3, -0.25) is 0 Å². The lowest BCUT2D eigenvalue weighted by atomic mass is 9.66. The van der Waals surface area contributed by atoms with Gasteiger partial charge in [-0.2, -0.15) is 4.99 Å². The van der Waals surface area contributed by atoms with Crippen molar-refractivity contribution >= 4 is 23.1 Å². The Morgan fingerprint density at radius 3 is 2.41 bits per heavy atom. The van der Waals surface area contributed by atoms with Crippen molar-refractivity contribution in [2.75, 3.05) is 0 Å². The Morgan fingerprint density at radius 1 is 0.926 bits per heavy atom. The van der Waals surface area contributed by atoms with Crippen LogP contribution < -0.4 is 0 Å². The fourth-order valence-electron chi connectivity index (χ4n) is 4.63. The van der Waals surface area contributed by atoms with Crippen molar-refractivity contribution in [1.29, 1.82) is 0 Å². The van der Waals surface area contributed by atoms with Crippen molar-refractivity contribution < 1.29 is 0 Å². The molecule has 0 saturated heterocycles. The van der Waals surface area contributed by atoms with Crippen molar-refractivity contribution in [2.45, 2.75) is 76.5 Å². The van der Waals surface area contributed by atoms with Crippen LogP contribution in [0.5, 0.6) is 0 Å². The minimum absolute atomic E-state index is 0.411. The fraction of sp³-hybridized carbons (Fsp3) is 0.480. The van der Waals surface area contributed by atoms with E-state index in [1.54, 1.807) is 5.56 Å². The first-order valence-corrected chi connectivity index (χ1v) is 11.0. The lowest BCUT2D eigenvalue weighted by Gasteiger charge is -2.38. The molecule has 0 N–H and O–H groups in total. The summed E-state index contributed by atoms with van der Waals surface area (Å²) in [6.45, 7) is 2.29. The minimum atomic E-state index is 0.411. The quantitative estimate of drug-likeness (QED) is 0.256. The molecule has 0 atom stereocenters. The second-order valence-electron chi connectivity index (χ2n) is 7.98. The molecule has 142 valence electrons. The zero-order valence-corrected chi connectivity index (χ0v) is 17.4. The predicted molar refractivity (Wildman–Crippen MR) is 120 cm³/mol. The fourth-order valence-corrected chi connectivity index (χ4v) is 4.73. The van der Waals surface area contributed by atoms with Gasteiger partial charge in [0.2, 0.25) is 0 Å². The maximum atomic E-state index is 4.73. The third-order valence-electron chi connectivity index (χ3n) is 6.17. The topological polar surface area (TPSA) is 12.4 Å². The summed E-state index contributed by atoms with van der Waals surface area (Å²) in [7, 11) is 0. The first kappa shape index (κ1) is 20.0. The lowest BCUT2D eigenvalue weighted by Crippen LogP contribution is -2.29. The van der Waals surface area contributed by atoms with E-state index in [0.717, 1.165) is 5.69 Å². The van der Waals surface area contributed by atoms with Gasteiger partial charge in [-0.1, -0.05) is 88.3 Å². The van der Waals surface area contributed by atoms with Gasteiger partial charge >= 0.3 is 0 Å².